The third-order valence-electron chi connectivity index (χ3n) is 1.87. The Morgan fingerprint density at radius 3 is 2.43 bits per heavy atom. The highest BCUT2D eigenvalue weighted by molar-refractivity contribution is 5.88. The summed E-state index contributed by atoms with van der Waals surface area (Å²) in [5.41, 5.74) is -0.696. The second-order valence-electron chi connectivity index (χ2n) is 2.72. The third-order valence-corrected chi connectivity index (χ3v) is 1.87. The number of phenols is 1. The van der Waals surface area contributed by atoms with Crippen LogP contribution in [0.4, 0.5) is 8.78 Å². The zero-order valence-corrected chi connectivity index (χ0v) is 7.34. The van der Waals surface area contributed by atoms with Gasteiger partial charge in [-0.05, 0) is 18.1 Å². The van der Waals surface area contributed by atoms with Crippen LogP contribution in [-0.4, -0.2) is 16.2 Å². The molecule has 5 heteroatoms. The van der Waals surface area contributed by atoms with Crippen molar-refractivity contribution in [1.29, 1.82) is 0 Å². The van der Waals surface area contributed by atoms with Gasteiger partial charge in [-0.1, -0.05) is 6.92 Å². The number of aromatic hydroxyl groups is 1. The van der Waals surface area contributed by atoms with Gasteiger partial charge >= 0.3 is 5.97 Å². The summed E-state index contributed by atoms with van der Waals surface area (Å²) in [6, 6.07) is 0.927. The maximum Gasteiger partial charge on any atom is 0.338 e. The summed E-state index contributed by atoms with van der Waals surface area (Å²) in [4.78, 5) is 10.5. The second-order valence-corrected chi connectivity index (χ2v) is 2.72. The maximum atomic E-state index is 12.9. The minimum Gasteiger partial charge on any atom is -0.505 e. The fourth-order valence-corrected chi connectivity index (χ4v) is 1.09. The van der Waals surface area contributed by atoms with E-state index in [1.54, 1.807) is 6.92 Å². The number of hydrogen-bond acceptors (Lipinski definition) is 2. The molecule has 0 heterocycles. The predicted molar refractivity (Wildman–Crippen MR) is 44.4 cm³/mol. The van der Waals surface area contributed by atoms with Crippen molar-refractivity contribution in [1.82, 2.24) is 0 Å². The summed E-state index contributed by atoms with van der Waals surface area (Å²) < 4.78 is 25.8. The summed E-state index contributed by atoms with van der Waals surface area (Å²) in [6.45, 7) is 1.60. The number of halogens is 2. The Balaban J connectivity index is 3.48. The summed E-state index contributed by atoms with van der Waals surface area (Å²) in [5, 5.41) is 17.6. The number of carbonyl (C=O) groups is 1. The van der Waals surface area contributed by atoms with Crippen LogP contribution in [0.15, 0.2) is 6.07 Å². The molecular weight excluding hydrogens is 194 g/mol. The molecule has 0 aliphatic heterocycles. The highest BCUT2D eigenvalue weighted by atomic mass is 19.2. The van der Waals surface area contributed by atoms with Crippen LogP contribution >= 0.6 is 0 Å². The van der Waals surface area contributed by atoms with Crippen molar-refractivity contribution in [3.05, 3.63) is 28.8 Å². The Bertz CT molecular complexity index is 388. The topological polar surface area (TPSA) is 57.5 Å². The van der Waals surface area contributed by atoms with Crippen molar-refractivity contribution in [3.63, 3.8) is 0 Å². The minimum absolute atomic E-state index is 0.0706. The first-order chi connectivity index (χ1) is 6.49. The van der Waals surface area contributed by atoms with Crippen LogP contribution in [0.25, 0.3) is 0 Å². The molecule has 0 atom stereocenters. The van der Waals surface area contributed by atoms with Gasteiger partial charge in [-0.2, -0.15) is 4.39 Å². The Kier molecular flexibility index (Phi) is 2.69. The Labute approximate surface area is 78.6 Å². The maximum absolute atomic E-state index is 12.9. The van der Waals surface area contributed by atoms with Gasteiger partial charge in [0.25, 0.3) is 0 Å². The smallest absolute Gasteiger partial charge is 0.338 e. The van der Waals surface area contributed by atoms with Gasteiger partial charge in [0.05, 0.1) is 5.56 Å². The number of aromatic carboxylic acids is 1. The van der Waals surface area contributed by atoms with Gasteiger partial charge in [0.2, 0.25) is 5.82 Å². The van der Waals surface area contributed by atoms with Crippen molar-refractivity contribution in [2.75, 3.05) is 0 Å². The summed E-state index contributed by atoms with van der Waals surface area (Å²) >= 11 is 0. The number of carboxylic acid groups (broad SMARTS) is 1. The lowest BCUT2D eigenvalue weighted by atomic mass is 10.1. The van der Waals surface area contributed by atoms with Crippen LogP contribution in [0.5, 0.6) is 5.75 Å². The molecule has 0 radical (unpaired) electrons. The highest BCUT2D eigenvalue weighted by Gasteiger charge is 2.20. The Hall–Kier alpha value is -1.65. The number of carboxylic acids is 1. The molecule has 0 aliphatic rings. The number of hydrogen-bond donors (Lipinski definition) is 2. The second kappa shape index (κ2) is 3.61. The zero-order chi connectivity index (χ0) is 10.9. The van der Waals surface area contributed by atoms with Crippen LogP contribution < -0.4 is 0 Å². The van der Waals surface area contributed by atoms with Crippen molar-refractivity contribution >= 4 is 5.97 Å². The normalized spacial score (nSPS) is 10.2. The summed E-state index contributed by atoms with van der Waals surface area (Å²) in [6.07, 6.45) is 0.226. The van der Waals surface area contributed by atoms with Crippen LogP contribution in [-0.2, 0) is 6.42 Å². The van der Waals surface area contributed by atoms with Gasteiger partial charge in [0, 0.05) is 0 Å². The number of rotatable bonds is 2. The number of benzene rings is 1. The summed E-state index contributed by atoms with van der Waals surface area (Å²) in [5.74, 6) is -5.43. The molecule has 0 aromatic heterocycles. The molecular formula is C9H8F2O3. The molecule has 1 aromatic rings. The van der Waals surface area contributed by atoms with Gasteiger partial charge in [0.1, 0.15) is 0 Å². The lowest BCUT2D eigenvalue weighted by Gasteiger charge is -2.06. The average molecular weight is 202 g/mol. The van der Waals surface area contributed by atoms with Gasteiger partial charge in [-0.3, -0.25) is 0 Å². The molecule has 0 saturated heterocycles. The Morgan fingerprint density at radius 1 is 1.43 bits per heavy atom. The molecule has 3 nitrogen and oxygen atoms in total. The largest absolute Gasteiger partial charge is 0.505 e. The molecule has 0 bridgehead atoms. The van der Waals surface area contributed by atoms with E-state index >= 15 is 0 Å². The zero-order valence-electron chi connectivity index (χ0n) is 7.34. The van der Waals surface area contributed by atoms with E-state index in [2.05, 4.69) is 0 Å². The SMILES string of the molecule is CCc1cc(C(=O)O)c(F)c(F)c1O. The van der Waals surface area contributed by atoms with Gasteiger partial charge in [0.15, 0.2) is 11.6 Å². The van der Waals surface area contributed by atoms with Crippen LogP contribution in [0.3, 0.4) is 0 Å². The van der Waals surface area contributed by atoms with Crippen molar-refractivity contribution in [2.45, 2.75) is 13.3 Å². The number of aryl methyl sites for hydroxylation is 1. The van der Waals surface area contributed by atoms with E-state index in [1.165, 1.54) is 0 Å². The van der Waals surface area contributed by atoms with E-state index in [0.717, 1.165) is 6.07 Å². The first-order valence-corrected chi connectivity index (χ1v) is 3.92. The van der Waals surface area contributed by atoms with E-state index in [-0.39, 0.29) is 12.0 Å². The van der Waals surface area contributed by atoms with Crippen LogP contribution in [0.2, 0.25) is 0 Å². The van der Waals surface area contributed by atoms with E-state index in [0.29, 0.717) is 0 Å². The lowest BCUT2D eigenvalue weighted by Crippen LogP contribution is -2.05. The van der Waals surface area contributed by atoms with Crippen molar-refractivity contribution in [2.24, 2.45) is 0 Å². The van der Waals surface area contributed by atoms with Gasteiger partial charge < -0.3 is 10.2 Å². The predicted octanol–water partition coefficient (Wildman–Crippen LogP) is 1.93. The molecule has 0 saturated carbocycles. The minimum atomic E-state index is -1.56. The first kappa shape index (κ1) is 10.4. The molecule has 1 aromatic carbocycles. The average Bonchev–Trinajstić information content (AvgIpc) is 2.14. The van der Waals surface area contributed by atoms with Gasteiger partial charge in [-0.15, -0.1) is 0 Å². The molecule has 0 fully saturated rings. The molecule has 14 heavy (non-hydrogen) atoms. The van der Waals surface area contributed by atoms with Crippen LogP contribution in [0, 0.1) is 11.6 Å². The van der Waals surface area contributed by atoms with E-state index in [4.69, 9.17) is 10.2 Å². The highest BCUT2D eigenvalue weighted by Crippen LogP contribution is 2.26. The molecule has 2 N–H and O–H groups in total. The third kappa shape index (κ3) is 1.53. The standard InChI is InChI=1S/C9H8F2O3/c1-2-4-3-5(9(13)14)6(10)7(11)8(4)12/h3,12H,2H2,1H3,(H,13,14). The van der Waals surface area contributed by atoms with E-state index in [9.17, 15) is 13.6 Å². The van der Waals surface area contributed by atoms with E-state index < -0.39 is 28.9 Å². The molecule has 0 spiro atoms. The fourth-order valence-electron chi connectivity index (χ4n) is 1.09. The summed E-state index contributed by atoms with van der Waals surface area (Å²) in [7, 11) is 0. The fraction of sp³-hybridized carbons (Fsp3) is 0.222. The molecule has 0 unspecified atom stereocenters. The van der Waals surface area contributed by atoms with Crippen molar-refractivity contribution < 1.29 is 23.8 Å². The van der Waals surface area contributed by atoms with Gasteiger partial charge in [-0.25, -0.2) is 9.18 Å². The van der Waals surface area contributed by atoms with E-state index in [1.807, 2.05) is 0 Å². The molecule has 0 aliphatic carbocycles. The molecule has 76 valence electrons. The number of phenolic OH excluding ortho intramolecular Hbond substituents is 1. The van der Waals surface area contributed by atoms with Crippen molar-refractivity contribution in [3.8, 4) is 5.75 Å². The quantitative estimate of drug-likeness (QED) is 0.770. The van der Waals surface area contributed by atoms with Crippen LogP contribution in [0.1, 0.15) is 22.8 Å². The monoisotopic (exact) mass is 202 g/mol. The lowest BCUT2D eigenvalue weighted by molar-refractivity contribution is 0.0690. The molecule has 1 rings (SSSR count). The first-order valence-electron chi connectivity index (χ1n) is 3.92. The Morgan fingerprint density at radius 2 is 2.00 bits per heavy atom. The molecule has 0 amide bonds.